The van der Waals surface area contributed by atoms with E-state index in [9.17, 15) is 18.3 Å². The molecule has 0 atom stereocenters. The van der Waals surface area contributed by atoms with Gasteiger partial charge >= 0.3 is 5.97 Å². The number of carbonyl (C=O) groups is 1. The number of hydrogen-bond acceptors (Lipinski definition) is 6. The number of fused-ring (bicyclic) bond motifs is 1. The molecular weight excluding hydrogens is 620 g/mol. The van der Waals surface area contributed by atoms with Gasteiger partial charge in [-0.1, -0.05) is 47.1 Å². The number of rotatable bonds is 13. The lowest BCUT2D eigenvalue weighted by Crippen LogP contribution is -2.38. The largest absolute Gasteiger partial charge is 0.494 e. The summed E-state index contributed by atoms with van der Waals surface area (Å²) in [5, 5.41) is 21.0. The summed E-state index contributed by atoms with van der Waals surface area (Å²) in [4.78, 5) is 21.1. The fourth-order valence-electron chi connectivity index (χ4n) is 4.70. The lowest BCUT2D eigenvalue weighted by molar-refractivity contribution is -0.136. The highest BCUT2D eigenvalue weighted by Gasteiger charge is 2.23. The Morgan fingerprint density at radius 2 is 1.76 bits per heavy atom. The number of aryl methyl sites for hydroxylation is 1. The molecule has 1 aromatic heterocycles. The first-order valence-corrected chi connectivity index (χ1v) is 16.0. The minimum absolute atomic E-state index is 0.00494. The lowest BCUT2D eigenvalue weighted by Gasteiger charge is -2.26. The molecule has 0 fully saturated rings. The van der Waals surface area contributed by atoms with Crippen molar-refractivity contribution >= 4 is 59.9 Å². The zero-order valence-electron chi connectivity index (χ0n) is 23.8. The van der Waals surface area contributed by atoms with Crippen molar-refractivity contribution < 1.29 is 23.4 Å². The Morgan fingerprint density at radius 1 is 1.02 bits per heavy atom. The van der Waals surface area contributed by atoms with Crippen molar-refractivity contribution in [3.05, 3.63) is 87.9 Å². The average Bonchev–Trinajstić information content (AvgIpc) is 3.25. The highest BCUT2D eigenvalue weighted by atomic mass is 79.9. The van der Waals surface area contributed by atoms with Crippen molar-refractivity contribution in [2.45, 2.75) is 26.2 Å². The number of H-pyrrole nitrogens is 1. The molecule has 0 aliphatic carbocycles. The van der Waals surface area contributed by atoms with E-state index in [1.54, 1.807) is 24.3 Å². The van der Waals surface area contributed by atoms with Gasteiger partial charge in [-0.25, -0.2) is 13.4 Å². The molecule has 0 aliphatic rings. The number of hydrogen-bond donors (Lipinski definition) is 3. The first-order chi connectivity index (χ1) is 20.0. The third-order valence-electron chi connectivity index (χ3n) is 6.73. The van der Waals surface area contributed by atoms with Gasteiger partial charge < -0.3 is 20.1 Å². The number of carboxylic acids is 1. The molecule has 3 aromatic carbocycles. The molecule has 0 radical (unpaired) electrons. The molecule has 0 bridgehead atoms. The number of aromatic nitrogens is 1. The summed E-state index contributed by atoms with van der Waals surface area (Å²) < 4.78 is 28.4. The molecule has 9 nitrogen and oxygen atoms in total. The molecular formula is C31H35BrN4O5S. The van der Waals surface area contributed by atoms with Gasteiger partial charge in [-0.05, 0) is 75.0 Å². The summed E-state index contributed by atoms with van der Waals surface area (Å²) in [6.07, 6.45) is 0.866. The summed E-state index contributed by atoms with van der Waals surface area (Å²) in [6, 6.07) is 20.1. The molecule has 11 heteroatoms. The van der Waals surface area contributed by atoms with E-state index in [4.69, 9.17) is 10.1 Å². The molecule has 0 saturated carbocycles. The number of benzene rings is 3. The number of aliphatic carboxylic acids is 1. The maximum absolute atomic E-state index is 13.1. The molecule has 42 heavy (non-hydrogen) atoms. The van der Waals surface area contributed by atoms with Crippen LogP contribution in [0.15, 0.2) is 76.2 Å². The van der Waals surface area contributed by atoms with Crippen LogP contribution in [0.25, 0.3) is 10.9 Å². The van der Waals surface area contributed by atoms with Crippen molar-refractivity contribution in [2.75, 3.05) is 37.2 Å². The van der Waals surface area contributed by atoms with Crippen LogP contribution in [0.5, 0.6) is 5.88 Å². The average molecular weight is 656 g/mol. The Morgan fingerprint density at radius 3 is 2.43 bits per heavy atom. The Hall–Kier alpha value is -3.67. The number of carboxylic acid groups (broad SMARTS) is 1. The standard InChI is InChI=1S/C31H35BrN4O5S/c1-4-18-42(40,41)36(17-16-35(2)3)25-12-10-24(11-13-25)33-30(22-7-5-6-21(19-22)8-15-28(37)38)29-26-14-9-23(32)20-27(26)34-31(29)39/h5-7,9-14,19-20,34,39H,4,8,15-18H2,1-3H3,(H,37,38). The Kier molecular flexibility index (Phi) is 10.1. The van der Waals surface area contributed by atoms with Crippen molar-refractivity contribution in [1.29, 1.82) is 0 Å². The molecule has 0 unspecified atom stereocenters. The van der Waals surface area contributed by atoms with Gasteiger partial charge in [0.25, 0.3) is 0 Å². The monoisotopic (exact) mass is 654 g/mol. The Labute approximate surface area is 254 Å². The Bertz CT molecular complexity index is 1700. The smallest absolute Gasteiger partial charge is 0.303 e. The van der Waals surface area contributed by atoms with Crippen molar-refractivity contribution in [3.63, 3.8) is 0 Å². The van der Waals surface area contributed by atoms with Gasteiger partial charge in [0.1, 0.15) is 0 Å². The third kappa shape index (κ3) is 7.58. The van der Waals surface area contributed by atoms with E-state index >= 15 is 0 Å². The van der Waals surface area contributed by atoms with E-state index in [1.807, 2.05) is 68.4 Å². The number of sulfonamides is 1. The summed E-state index contributed by atoms with van der Waals surface area (Å²) in [6.45, 7) is 2.74. The van der Waals surface area contributed by atoms with Crippen LogP contribution < -0.4 is 4.31 Å². The maximum atomic E-state index is 13.1. The second kappa shape index (κ2) is 13.5. The number of halogens is 1. The number of anilines is 1. The summed E-state index contributed by atoms with van der Waals surface area (Å²) in [5.74, 6) is -0.872. The van der Waals surface area contributed by atoms with Crippen LogP contribution >= 0.6 is 15.9 Å². The number of likely N-dealkylation sites (N-methyl/N-ethyl adjacent to an activating group) is 1. The van der Waals surface area contributed by atoms with Crippen LogP contribution in [0.3, 0.4) is 0 Å². The fourth-order valence-corrected chi connectivity index (χ4v) is 6.60. The molecule has 0 saturated heterocycles. The number of nitrogens with one attached hydrogen (secondary N) is 1. The number of nitrogens with zero attached hydrogens (tertiary/aromatic N) is 3. The van der Waals surface area contributed by atoms with Crippen LogP contribution in [-0.2, 0) is 21.2 Å². The van der Waals surface area contributed by atoms with Crippen molar-refractivity contribution in [3.8, 4) is 5.88 Å². The van der Waals surface area contributed by atoms with Gasteiger partial charge in [0.15, 0.2) is 5.88 Å². The molecule has 1 heterocycles. The SMILES string of the molecule is CCCS(=O)(=O)N(CCN(C)C)c1ccc(N=C(c2cccc(CCC(=O)O)c2)c2c(O)[nH]c3cc(Br)ccc23)cc1. The van der Waals surface area contributed by atoms with Gasteiger partial charge in [-0.3, -0.25) is 9.10 Å². The second-order valence-corrected chi connectivity index (χ2v) is 13.2. The zero-order chi connectivity index (χ0) is 30.4. The molecule has 4 aromatic rings. The minimum Gasteiger partial charge on any atom is -0.494 e. The topological polar surface area (TPSA) is 126 Å². The molecule has 222 valence electrons. The predicted molar refractivity (Wildman–Crippen MR) is 172 cm³/mol. The van der Waals surface area contributed by atoms with Gasteiger partial charge in [0.05, 0.1) is 33.9 Å². The number of aliphatic imine (C=N–C) groups is 1. The van der Waals surface area contributed by atoms with E-state index in [0.717, 1.165) is 20.9 Å². The van der Waals surface area contributed by atoms with E-state index in [0.29, 0.717) is 54.1 Å². The van der Waals surface area contributed by atoms with E-state index in [2.05, 4.69) is 20.9 Å². The molecule has 0 spiro atoms. The van der Waals surface area contributed by atoms with Crippen LogP contribution in [-0.4, -0.2) is 73.1 Å². The third-order valence-corrected chi connectivity index (χ3v) is 9.21. The van der Waals surface area contributed by atoms with Crippen LogP contribution in [0.4, 0.5) is 11.4 Å². The normalized spacial score (nSPS) is 12.3. The summed E-state index contributed by atoms with van der Waals surface area (Å²) >= 11 is 3.47. The zero-order valence-corrected chi connectivity index (χ0v) is 26.2. The maximum Gasteiger partial charge on any atom is 0.303 e. The van der Waals surface area contributed by atoms with Crippen molar-refractivity contribution in [2.24, 2.45) is 4.99 Å². The van der Waals surface area contributed by atoms with E-state index < -0.39 is 16.0 Å². The second-order valence-electron chi connectivity index (χ2n) is 10.3. The van der Waals surface area contributed by atoms with E-state index in [-0.39, 0.29) is 18.1 Å². The summed E-state index contributed by atoms with van der Waals surface area (Å²) in [5.41, 5.74) is 4.39. The van der Waals surface area contributed by atoms with Gasteiger partial charge in [-0.2, -0.15) is 0 Å². The molecule has 0 aliphatic heterocycles. The Balaban J connectivity index is 1.81. The van der Waals surface area contributed by atoms with Gasteiger partial charge in [-0.15, -0.1) is 0 Å². The predicted octanol–water partition coefficient (Wildman–Crippen LogP) is 5.93. The minimum atomic E-state index is -3.50. The number of aromatic amines is 1. The highest BCUT2D eigenvalue weighted by molar-refractivity contribution is 9.10. The first-order valence-electron chi connectivity index (χ1n) is 13.6. The van der Waals surface area contributed by atoms with Gasteiger partial charge in [0, 0.05) is 34.9 Å². The van der Waals surface area contributed by atoms with Crippen LogP contribution in [0.1, 0.15) is 36.5 Å². The first kappa shape index (κ1) is 31.3. The van der Waals surface area contributed by atoms with Crippen molar-refractivity contribution in [1.82, 2.24) is 9.88 Å². The quantitative estimate of drug-likeness (QED) is 0.153. The fraction of sp³-hybridized carbons (Fsp3) is 0.290. The molecule has 4 rings (SSSR count). The van der Waals surface area contributed by atoms with Gasteiger partial charge in [0.2, 0.25) is 10.0 Å². The summed E-state index contributed by atoms with van der Waals surface area (Å²) in [7, 11) is 0.307. The number of aromatic hydroxyl groups is 1. The molecule has 0 amide bonds. The molecule has 3 N–H and O–H groups in total. The van der Waals surface area contributed by atoms with Crippen LogP contribution in [0, 0.1) is 0 Å². The van der Waals surface area contributed by atoms with Crippen LogP contribution in [0.2, 0.25) is 0 Å². The highest BCUT2D eigenvalue weighted by Crippen LogP contribution is 2.33. The van der Waals surface area contributed by atoms with E-state index in [1.165, 1.54) is 4.31 Å². The lowest BCUT2D eigenvalue weighted by atomic mass is 9.98.